The number of para-hydroxylation sites is 1. The van der Waals surface area contributed by atoms with Crippen LogP contribution in [0.15, 0.2) is 39.8 Å². The summed E-state index contributed by atoms with van der Waals surface area (Å²) in [6.07, 6.45) is 2.47. The number of furan rings is 1. The third kappa shape index (κ3) is 3.55. The maximum absolute atomic E-state index is 13.1. The van der Waals surface area contributed by atoms with Crippen molar-refractivity contribution in [1.29, 1.82) is 0 Å². The molecule has 0 radical (unpaired) electrons. The molecule has 0 spiro atoms. The summed E-state index contributed by atoms with van der Waals surface area (Å²) in [6.45, 7) is 3.63. The number of hydrogen-bond acceptors (Lipinski definition) is 6. The maximum atomic E-state index is 13.1. The molecule has 0 saturated carbocycles. The van der Waals surface area contributed by atoms with Crippen LogP contribution in [0, 0.1) is 0 Å². The molecule has 4 rings (SSSR count). The number of benzene rings is 1. The Morgan fingerprint density at radius 2 is 2.14 bits per heavy atom. The Morgan fingerprint density at radius 1 is 1.38 bits per heavy atom. The first-order valence-corrected chi connectivity index (χ1v) is 11.5. The van der Waals surface area contributed by atoms with Crippen molar-refractivity contribution in [3.8, 4) is 0 Å². The number of nitrogens with zero attached hydrogens (tertiary/aromatic N) is 3. The van der Waals surface area contributed by atoms with Crippen LogP contribution in [0.2, 0.25) is 0 Å². The number of hydrogen-bond donors (Lipinski definition) is 0. The highest BCUT2D eigenvalue weighted by Crippen LogP contribution is 2.25. The van der Waals surface area contributed by atoms with Crippen molar-refractivity contribution in [3.05, 3.63) is 40.9 Å². The van der Waals surface area contributed by atoms with Gasteiger partial charge in [-0.1, -0.05) is 19.1 Å². The summed E-state index contributed by atoms with van der Waals surface area (Å²) in [5.41, 5.74) is 0.714. The number of carbonyl (C=O) groups excluding carboxylic acids is 1. The van der Waals surface area contributed by atoms with Crippen LogP contribution in [0.25, 0.3) is 22.1 Å². The van der Waals surface area contributed by atoms with E-state index >= 15 is 0 Å². The Morgan fingerprint density at radius 3 is 2.83 bits per heavy atom. The van der Waals surface area contributed by atoms with E-state index in [-0.39, 0.29) is 41.6 Å². The van der Waals surface area contributed by atoms with Crippen LogP contribution in [-0.4, -0.2) is 52.4 Å². The Kier molecular flexibility index (Phi) is 4.94. The second kappa shape index (κ2) is 7.29. The Hall–Kier alpha value is -2.68. The second-order valence-electron chi connectivity index (χ2n) is 7.57. The van der Waals surface area contributed by atoms with Crippen LogP contribution in [-0.2, 0) is 21.2 Å². The van der Waals surface area contributed by atoms with E-state index in [4.69, 9.17) is 4.42 Å². The molecule has 154 valence electrons. The molecule has 3 aromatic rings. The van der Waals surface area contributed by atoms with Gasteiger partial charge in [0, 0.05) is 17.5 Å². The zero-order chi connectivity index (χ0) is 20.8. The molecular weight excluding hydrogens is 394 g/mol. The summed E-state index contributed by atoms with van der Waals surface area (Å²) in [4.78, 5) is 31.9. The largest absolute Gasteiger partial charge is 0.448 e. The van der Waals surface area contributed by atoms with Crippen molar-refractivity contribution >= 4 is 37.8 Å². The van der Waals surface area contributed by atoms with Crippen LogP contribution in [0.4, 0.5) is 0 Å². The van der Waals surface area contributed by atoms with Gasteiger partial charge in [-0.15, -0.1) is 0 Å². The number of amides is 1. The smallest absolute Gasteiger partial charge is 0.297 e. The Labute approximate surface area is 168 Å². The van der Waals surface area contributed by atoms with Gasteiger partial charge in [-0.3, -0.25) is 14.2 Å². The number of rotatable bonds is 5. The molecule has 0 unspecified atom stereocenters. The van der Waals surface area contributed by atoms with E-state index in [9.17, 15) is 18.0 Å². The number of carbonyl (C=O) groups is 1. The molecule has 1 aliphatic rings. The number of aromatic nitrogens is 2. The molecular formula is C20H23N3O5S. The lowest BCUT2D eigenvalue weighted by molar-refractivity contribution is -0.136. The molecule has 0 bridgehead atoms. The summed E-state index contributed by atoms with van der Waals surface area (Å²) in [7, 11) is -3.13. The third-order valence-corrected chi connectivity index (χ3v) is 7.36. The van der Waals surface area contributed by atoms with E-state index in [0.717, 1.165) is 5.39 Å². The van der Waals surface area contributed by atoms with Gasteiger partial charge in [0.15, 0.2) is 9.84 Å². The van der Waals surface area contributed by atoms with Crippen molar-refractivity contribution in [1.82, 2.24) is 14.5 Å². The first-order chi connectivity index (χ1) is 13.8. The van der Waals surface area contributed by atoms with Crippen molar-refractivity contribution in [2.45, 2.75) is 45.3 Å². The second-order valence-corrected chi connectivity index (χ2v) is 9.80. The lowest BCUT2D eigenvalue weighted by Crippen LogP contribution is -2.48. The van der Waals surface area contributed by atoms with E-state index in [1.54, 1.807) is 11.0 Å². The zero-order valence-corrected chi connectivity index (χ0v) is 17.2. The molecule has 2 aromatic heterocycles. The van der Waals surface area contributed by atoms with Crippen molar-refractivity contribution in [3.63, 3.8) is 0 Å². The van der Waals surface area contributed by atoms with E-state index in [1.807, 2.05) is 32.0 Å². The van der Waals surface area contributed by atoms with Crippen molar-refractivity contribution in [2.75, 3.05) is 11.5 Å². The molecule has 0 aliphatic carbocycles. The SMILES string of the molecule is CC[C@H](C)N(C(=O)Cn1cnc2c(oc3ccccc32)c1=O)[C@@H]1CCS(=O)(=O)C1. The standard InChI is InChI=1S/C20H23N3O5S/c1-3-13(2)23(14-8-9-29(26,27)11-14)17(24)10-22-12-21-18-15-6-4-5-7-16(15)28-19(18)20(22)25/h4-7,12-14H,3,8-11H2,1-2H3/t13-,14+/m0/s1. The van der Waals surface area contributed by atoms with Crippen molar-refractivity contribution in [2.24, 2.45) is 0 Å². The highest BCUT2D eigenvalue weighted by Gasteiger charge is 2.36. The van der Waals surface area contributed by atoms with Gasteiger partial charge >= 0.3 is 0 Å². The van der Waals surface area contributed by atoms with Crippen molar-refractivity contribution < 1.29 is 17.6 Å². The van der Waals surface area contributed by atoms with Gasteiger partial charge < -0.3 is 9.32 Å². The van der Waals surface area contributed by atoms with Crippen LogP contribution in [0.5, 0.6) is 0 Å². The van der Waals surface area contributed by atoms with Gasteiger partial charge in [-0.2, -0.15) is 0 Å². The molecule has 1 aromatic carbocycles. The molecule has 9 heteroatoms. The van der Waals surface area contributed by atoms with Gasteiger partial charge in [0.1, 0.15) is 17.6 Å². The maximum Gasteiger partial charge on any atom is 0.297 e. The van der Waals surface area contributed by atoms with Gasteiger partial charge in [0.25, 0.3) is 5.56 Å². The minimum absolute atomic E-state index is 0.0289. The van der Waals surface area contributed by atoms with E-state index in [1.165, 1.54) is 10.9 Å². The van der Waals surface area contributed by atoms with Crippen LogP contribution < -0.4 is 5.56 Å². The summed E-state index contributed by atoms with van der Waals surface area (Å²) >= 11 is 0. The molecule has 8 nitrogen and oxygen atoms in total. The van der Waals surface area contributed by atoms with Crippen LogP contribution >= 0.6 is 0 Å². The van der Waals surface area contributed by atoms with E-state index in [0.29, 0.717) is 23.9 Å². The highest BCUT2D eigenvalue weighted by molar-refractivity contribution is 7.91. The highest BCUT2D eigenvalue weighted by atomic mass is 32.2. The van der Waals surface area contributed by atoms with Crippen LogP contribution in [0.1, 0.15) is 26.7 Å². The van der Waals surface area contributed by atoms with E-state index < -0.39 is 15.4 Å². The van der Waals surface area contributed by atoms with E-state index in [2.05, 4.69) is 4.98 Å². The zero-order valence-electron chi connectivity index (χ0n) is 16.4. The average Bonchev–Trinajstić information content (AvgIpc) is 3.24. The predicted molar refractivity (Wildman–Crippen MR) is 109 cm³/mol. The minimum Gasteiger partial charge on any atom is -0.448 e. The van der Waals surface area contributed by atoms with Crippen LogP contribution in [0.3, 0.4) is 0 Å². The molecule has 0 N–H and O–H groups in total. The Balaban J connectivity index is 1.67. The van der Waals surface area contributed by atoms with Gasteiger partial charge in [0.2, 0.25) is 11.5 Å². The molecule has 29 heavy (non-hydrogen) atoms. The molecule has 1 fully saturated rings. The fourth-order valence-electron chi connectivity index (χ4n) is 3.96. The number of sulfone groups is 1. The lowest BCUT2D eigenvalue weighted by atomic mass is 10.1. The monoisotopic (exact) mass is 417 g/mol. The topological polar surface area (TPSA) is 102 Å². The molecule has 3 heterocycles. The Bertz CT molecular complexity index is 1240. The summed E-state index contributed by atoms with van der Waals surface area (Å²) in [5.74, 6) is -0.232. The molecule has 2 atom stereocenters. The number of fused-ring (bicyclic) bond motifs is 3. The normalized spacial score (nSPS) is 19.6. The van der Waals surface area contributed by atoms with Gasteiger partial charge in [0.05, 0.1) is 17.8 Å². The molecule has 1 saturated heterocycles. The minimum atomic E-state index is -3.13. The lowest BCUT2D eigenvalue weighted by Gasteiger charge is -2.33. The quantitative estimate of drug-likeness (QED) is 0.629. The summed E-state index contributed by atoms with van der Waals surface area (Å²) < 4.78 is 30.7. The molecule has 1 aliphatic heterocycles. The van der Waals surface area contributed by atoms with Gasteiger partial charge in [-0.25, -0.2) is 13.4 Å². The third-order valence-electron chi connectivity index (χ3n) is 5.61. The molecule has 1 amide bonds. The van der Waals surface area contributed by atoms with Gasteiger partial charge in [-0.05, 0) is 31.9 Å². The predicted octanol–water partition coefficient (Wildman–Crippen LogP) is 1.96. The fraction of sp³-hybridized carbons (Fsp3) is 0.450. The summed E-state index contributed by atoms with van der Waals surface area (Å²) in [5, 5.41) is 0.746. The first kappa shape index (κ1) is 19.6. The first-order valence-electron chi connectivity index (χ1n) is 9.69. The summed E-state index contributed by atoms with van der Waals surface area (Å²) in [6, 6.07) is 6.76. The fourth-order valence-corrected chi connectivity index (χ4v) is 5.67. The average molecular weight is 417 g/mol.